The van der Waals surface area contributed by atoms with Gasteiger partial charge in [-0.05, 0) is 56.1 Å². The van der Waals surface area contributed by atoms with Crippen molar-refractivity contribution in [2.75, 3.05) is 43.5 Å². The molecule has 0 aliphatic carbocycles. The largest absolute Gasteiger partial charge is 0.443 e. The number of nitrogens with one attached hydrogen (secondary N) is 1. The maximum Gasteiger partial charge on any atom is 0.414 e. The van der Waals surface area contributed by atoms with Crippen LogP contribution in [-0.4, -0.2) is 66.3 Å². The van der Waals surface area contributed by atoms with E-state index in [4.69, 9.17) is 4.74 Å². The summed E-state index contributed by atoms with van der Waals surface area (Å²) in [5, 5.41) is 0.592. The molecule has 1 N–H and O–H groups in total. The molecule has 0 spiro atoms. The lowest BCUT2D eigenvalue weighted by molar-refractivity contribution is 0.0589. The Labute approximate surface area is 205 Å². The highest BCUT2D eigenvalue weighted by Gasteiger charge is 2.41. The van der Waals surface area contributed by atoms with Gasteiger partial charge in [0.25, 0.3) is 0 Å². The number of likely N-dealkylation sites (N-methyl/N-ethyl adjacent to an activating group) is 1. The first kappa shape index (κ1) is 23.3. The number of carbonyl (C=O) groups excluding carboxylic acids is 1. The van der Waals surface area contributed by atoms with Gasteiger partial charge in [-0.1, -0.05) is 0 Å². The predicted molar refractivity (Wildman–Crippen MR) is 133 cm³/mol. The number of hydrogen-bond acceptors (Lipinski definition) is 5. The molecule has 10 heteroatoms. The number of aromatic amines is 1. The summed E-state index contributed by atoms with van der Waals surface area (Å²) in [5.74, 6) is -1.48. The van der Waals surface area contributed by atoms with E-state index in [0.717, 1.165) is 42.3 Å². The molecule has 0 bridgehead atoms. The first-order chi connectivity index (χ1) is 16.0. The maximum absolute atomic E-state index is 15.4. The fraction of sp³-hybridized carbons (Fsp3) is 0.500. The molecule has 4 heterocycles. The minimum absolute atomic E-state index is 0.0824. The lowest BCUT2D eigenvalue weighted by atomic mass is 10.0. The molecule has 1 aromatic carbocycles. The topological polar surface area (TPSA) is 64.7 Å². The summed E-state index contributed by atoms with van der Waals surface area (Å²) in [4.78, 5) is 26.1. The Balaban J connectivity index is 1.72. The zero-order valence-electron chi connectivity index (χ0n) is 19.9. The van der Waals surface area contributed by atoms with Crippen molar-refractivity contribution in [3.63, 3.8) is 0 Å². The molecule has 34 heavy (non-hydrogen) atoms. The van der Waals surface area contributed by atoms with Crippen molar-refractivity contribution in [1.82, 2.24) is 14.9 Å². The first-order valence-electron chi connectivity index (χ1n) is 11.4. The van der Waals surface area contributed by atoms with Crippen molar-refractivity contribution in [1.29, 1.82) is 0 Å². The SMILES string of the molecule is CN1CC2[C@@H](CCN2c2c(Br)cnc3[nH]c4c(N(C)C(=O)OC(C)(C)C)cc(F)c(F)c4c23)C1. The van der Waals surface area contributed by atoms with Gasteiger partial charge in [-0.3, -0.25) is 4.90 Å². The highest BCUT2D eigenvalue weighted by molar-refractivity contribution is 9.10. The van der Waals surface area contributed by atoms with E-state index in [2.05, 4.69) is 42.7 Å². The van der Waals surface area contributed by atoms with Crippen molar-refractivity contribution in [2.45, 2.75) is 38.8 Å². The molecule has 1 unspecified atom stereocenters. The molecule has 0 saturated carbocycles. The Bertz CT molecular complexity index is 1300. The number of hydrogen-bond donors (Lipinski definition) is 1. The number of amides is 1. The van der Waals surface area contributed by atoms with Crippen LogP contribution in [0.3, 0.4) is 0 Å². The number of nitrogens with zero attached hydrogens (tertiary/aromatic N) is 4. The number of pyridine rings is 1. The smallest absolute Gasteiger partial charge is 0.414 e. The Morgan fingerprint density at radius 1 is 1.29 bits per heavy atom. The van der Waals surface area contributed by atoms with E-state index in [1.54, 1.807) is 27.0 Å². The summed E-state index contributed by atoms with van der Waals surface area (Å²) in [6.45, 7) is 8.01. The van der Waals surface area contributed by atoms with Crippen LogP contribution in [0.2, 0.25) is 0 Å². The number of H-pyrrole nitrogens is 1. The molecule has 182 valence electrons. The van der Waals surface area contributed by atoms with Crippen molar-refractivity contribution in [3.8, 4) is 0 Å². The van der Waals surface area contributed by atoms with Crippen LogP contribution in [0.1, 0.15) is 27.2 Å². The van der Waals surface area contributed by atoms with Crippen LogP contribution in [-0.2, 0) is 4.74 Å². The van der Waals surface area contributed by atoms with Gasteiger partial charge >= 0.3 is 6.09 Å². The van der Waals surface area contributed by atoms with E-state index in [0.29, 0.717) is 22.5 Å². The minimum atomic E-state index is -1.04. The first-order valence-corrected chi connectivity index (χ1v) is 12.2. The van der Waals surface area contributed by atoms with Crippen LogP contribution in [0.15, 0.2) is 16.7 Å². The zero-order chi connectivity index (χ0) is 24.5. The number of ether oxygens (including phenoxy) is 1. The summed E-state index contributed by atoms with van der Waals surface area (Å²) in [6.07, 6.45) is 2.06. The van der Waals surface area contributed by atoms with Crippen LogP contribution >= 0.6 is 15.9 Å². The van der Waals surface area contributed by atoms with Gasteiger partial charge in [-0.2, -0.15) is 0 Å². The third-order valence-corrected chi connectivity index (χ3v) is 7.33. The lowest BCUT2D eigenvalue weighted by Gasteiger charge is -2.28. The molecule has 5 rings (SSSR count). The predicted octanol–water partition coefficient (Wildman–Crippen LogP) is 5.27. The summed E-state index contributed by atoms with van der Waals surface area (Å²) in [7, 11) is 3.59. The number of anilines is 2. The Morgan fingerprint density at radius 2 is 2.03 bits per heavy atom. The van der Waals surface area contributed by atoms with E-state index in [1.807, 2.05) is 0 Å². The molecule has 2 aliphatic heterocycles. The number of carbonyl (C=O) groups is 1. The number of rotatable bonds is 2. The second-order valence-electron chi connectivity index (χ2n) is 10.3. The highest BCUT2D eigenvalue weighted by atomic mass is 79.9. The molecule has 3 aromatic rings. The van der Waals surface area contributed by atoms with Crippen LogP contribution < -0.4 is 9.80 Å². The average Bonchev–Trinajstić information content (AvgIpc) is 3.41. The molecule has 0 radical (unpaired) electrons. The van der Waals surface area contributed by atoms with Gasteiger partial charge in [-0.15, -0.1) is 0 Å². The number of benzene rings is 1. The standard InChI is InChI=1S/C24H28BrF2N5O2/c1-24(2,3)34-23(33)31(5)15-8-14(26)19(27)17-18-21(13(25)9-28-22(18)29-20(15)17)32-7-6-12-10-30(4)11-16(12)32/h8-9,12,16H,6-7,10-11H2,1-5H3,(H,28,29)/t12-,16?/m0/s1. The van der Waals surface area contributed by atoms with Gasteiger partial charge in [-0.25, -0.2) is 18.6 Å². The quantitative estimate of drug-likeness (QED) is 0.484. The molecule has 2 aliphatic rings. The summed E-state index contributed by atoms with van der Waals surface area (Å²) in [6, 6.07) is 1.31. The van der Waals surface area contributed by atoms with Gasteiger partial charge < -0.3 is 19.5 Å². The second-order valence-corrected chi connectivity index (χ2v) is 11.2. The Kier molecular flexibility index (Phi) is 5.51. The van der Waals surface area contributed by atoms with Crippen molar-refractivity contribution in [3.05, 3.63) is 28.4 Å². The van der Waals surface area contributed by atoms with Crippen LogP contribution in [0.5, 0.6) is 0 Å². The second kappa shape index (κ2) is 8.05. The van der Waals surface area contributed by atoms with Gasteiger partial charge in [0.05, 0.1) is 32.1 Å². The minimum Gasteiger partial charge on any atom is -0.443 e. The maximum atomic E-state index is 15.4. The fourth-order valence-corrected chi connectivity index (χ4v) is 5.86. The summed E-state index contributed by atoms with van der Waals surface area (Å²) in [5.41, 5.74) is 0.987. The molecular formula is C24H28BrF2N5O2. The number of halogens is 3. The molecule has 2 fully saturated rings. The highest BCUT2D eigenvalue weighted by Crippen LogP contribution is 2.45. The molecule has 7 nitrogen and oxygen atoms in total. The summed E-state index contributed by atoms with van der Waals surface area (Å²) < 4.78 is 36.5. The molecule has 2 atom stereocenters. The van der Waals surface area contributed by atoms with Crippen molar-refractivity contribution < 1.29 is 18.3 Å². The van der Waals surface area contributed by atoms with Gasteiger partial charge in [0.2, 0.25) is 0 Å². The average molecular weight is 536 g/mol. The molecular weight excluding hydrogens is 508 g/mol. The molecule has 2 aromatic heterocycles. The number of fused-ring (bicyclic) bond motifs is 4. The Morgan fingerprint density at radius 3 is 2.74 bits per heavy atom. The number of aromatic nitrogens is 2. The van der Waals surface area contributed by atoms with E-state index < -0.39 is 23.3 Å². The lowest BCUT2D eigenvalue weighted by Crippen LogP contribution is -2.35. The Hall–Kier alpha value is -2.46. The van der Waals surface area contributed by atoms with E-state index in [-0.39, 0.29) is 17.1 Å². The van der Waals surface area contributed by atoms with Crippen LogP contribution in [0, 0.1) is 17.6 Å². The van der Waals surface area contributed by atoms with E-state index >= 15 is 4.39 Å². The van der Waals surface area contributed by atoms with E-state index in [1.165, 1.54) is 11.9 Å². The summed E-state index contributed by atoms with van der Waals surface area (Å²) >= 11 is 3.62. The normalized spacial score (nSPS) is 21.0. The monoisotopic (exact) mass is 535 g/mol. The zero-order valence-corrected chi connectivity index (χ0v) is 21.5. The van der Waals surface area contributed by atoms with Gasteiger partial charge in [0.15, 0.2) is 11.6 Å². The van der Waals surface area contributed by atoms with Gasteiger partial charge in [0.1, 0.15) is 11.2 Å². The van der Waals surface area contributed by atoms with Crippen molar-refractivity contribution >= 4 is 55.3 Å². The fourth-order valence-electron chi connectivity index (χ4n) is 5.33. The number of likely N-dealkylation sites (tertiary alicyclic amines) is 1. The van der Waals surface area contributed by atoms with Crippen LogP contribution in [0.25, 0.3) is 21.9 Å². The van der Waals surface area contributed by atoms with Crippen LogP contribution in [0.4, 0.5) is 25.0 Å². The van der Waals surface area contributed by atoms with E-state index in [9.17, 15) is 9.18 Å². The third-order valence-electron chi connectivity index (χ3n) is 6.75. The van der Waals surface area contributed by atoms with Gasteiger partial charge in [0, 0.05) is 45.0 Å². The third kappa shape index (κ3) is 3.71. The van der Waals surface area contributed by atoms with Crippen molar-refractivity contribution in [2.24, 2.45) is 5.92 Å². The molecule has 1 amide bonds. The molecule has 2 saturated heterocycles.